The highest BCUT2D eigenvalue weighted by atomic mass is 15.5. The van der Waals surface area contributed by atoms with Gasteiger partial charge in [-0.05, 0) is 6.92 Å². The third-order valence-corrected chi connectivity index (χ3v) is 0.462. The van der Waals surface area contributed by atoms with Gasteiger partial charge in [0.15, 0.2) is 0 Å². The minimum Gasteiger partial charge on any atom is -0.315 e. The molecule has 7 heavy (non-hydrogen) atoms. The third kappa shape index (κ3) is 5.88. The summed E-state index contributed by atoms with van der Waals surface area (Å²) < 4.78 is 0. The van der Waals surface area contributed by atoms with E-state index < -0.39 is 0 Å². The molecule has 0 radical (unpaired) electrons. The Hall–Kier alpha value is -0.120. The second kappa shape index (κ2) is 2.96. The van der Waals surface area contributed by atoms with E-state index in [4.69, 9.17) is 5.73 Å². The summed E-state index contributed by atoms with van der Waals surface area (Å²) in [6.45, 7) is 1.89. The lowest BCUT2D eigenvalue weighted by molar-refractivity contribution is 0.253. The van der Waals surface area contributed by atoms with Crippen LogP contribution in [0, 0.1) is 0 Å². The van der Waals surface area contributed by atoms with Crippen molar-refractivity contribution in [2.45, 2.75) is 13.1 Å². The Bertz CT molecular complexity index is 36.2. The molecule has 1 unspecified atom stereocenters. The Morgan fingerprint density at radius 2 is 2.00 bits per heavy atom. The first-order valence-corrected chi connectivity index (χ1v) is 2.32. The summed E-state index contributed by atoms with van der Waals surface area (Å²) in [7, 11) is 3.81. The second-order valence-corrected chi connectivity index (χ2v) is 1.81. The molecule has 0 aliphatic heterocycles. The molecule has 0 aromatic carbocycles. The molecule has 0 aromatic heterocycles. The predicted molar refractivity (Wildman–Crippen MR) is 30.5 cm³/mol. The van der Waals surface area contributed by atoms with Crippen molar-refractivity contribution >= 4 is 0 Å². The zero-order valence-corrected chi connectivity index (χ0v) is 5.10. The summed E-state index contributed by atoms with van der Waals surface area (Å²) in [5.74, 6) is 0. The fourth-order valence-corrected chi connectivity index (χ4v) is 0.407. The van der Waals surface area contributed by atoms with Crippen LogP contribution in [-0.4, -0.2) is 25.3 Å². The van der Waals surface area contributed by atoms with Gasteiger partial charge in [0.25, 0.3) is 0 Å². The van der Waals surface area contributed by atoms with E-state index in [-0.39, 0.29) is 6.17 Å². The van der Waals surface area contributed by atoms with Gasteiger partial charge in [-0.15, -0.1) is 0 Å². The number of nitrogens with one attached hydrogen (secondary N) is 1. The van der Waals surface area contributed by atoms with Gasteiger partial charge in [-0.25, -0.2) is 10.4 Å². The van der Waals surface area contributed by atoms with Crippen molar-refractivity contribution in [3.8, 4) is 0 Å². The van der Waals surface area contributed by atoms with Crippen LogP contribution in [0.5, 0.6) is 0 Å². The van der Waals surface area contributed by atoms with E-state index in [1.807, 2.05) is 26.0 Å². The average molecular weight is 103 g/mol. The van der Waals surface area contributed by atoms with Crippen molar-refractivity contribution in [3.05, 3.63) is 0 Å². The van der Waals surface area contributed by atoms with Crippen LogP contribution in [0.4, 0.5) is 0 Å². The van der Waals surface area contributed by atoms with Crippen LogP contribution < -0.4 is 11.2 Å². The molecule has 1 atom stereocenters. The average Bonchev–Trinajstić information content (AvgIpc) is 1.27. The van der Waals surface area contributed by atoms with Crippen LogP contribution in [0.3, 0.4) is 0 Å². The zero-order chi connectivity index (χ0) is 5.86. The van der Waals surface area contributed by atoms with E-state index in [1.54, 1.807) is 0 Å². The number of nitrogens with zero attached hydrogens (tertiary/aromatic N) is 1. The van der Waals surface area contributed by atoms with E-state index in [0.717, 1.165) is 0 Å². The minimum atomic E-state index is 0.0509. The van der Waals surface area contributed by atoms with E-state index >= 15 is 0 Å². The molecule has 0 aliphatic rings. The number of hydrogen-bond donors (Lipinski definition) is 2. The molecule has 0 spiro atoms. The minimum absolute atomic E-state index is 0.0509. The Kier molecular flexibility index (Phi) is 2.91. The highest BCUT2D eigenvalue weighted by Crippen LogP contribution is 1.65. The molecule has 0 saturated heterocycles. The second-order valence-electron chi connectivity index (χ2n) is 1.81. The van der Waals surface area contributed by atoms with Crippen molar-refractivity contribution < 1.29 is 0 Å². The molecular weight excluding hydrogens is 90.1 g/mol. The predicted octanol–water partition coefficient (Wildman–Crippen LogP) is -0.643. The van der Waals surface area contributed by atoms with E-state index in [2.05, 4.69) is 5.43 Å². The van der Waals surface area contributed by atoms with Crippen LogP contribution in [0.1, 0.15) is 6.92 Å². The summed E-state index contributed by atoms with van der Waals surface area (Å²) in [5.41, 5.74) is 8.26. The molecule has 0 heterocycles. The fourth-order valence-electron chi connectivity index (χ4n) is 0.407. The SMILES string of the molecule is CC(N)NN(C)C. The molecule has 3 N–H and O–H groups in total. The highest BCUT2D eigenvalue weighted by molar-refractivity contribution is 4.40. The first-order chi connectivity index (χ1) is 3.13. The monoisotopic (exact) mass is 103 g/mol. The molecule has 0 fully saturated rings. The van der Waals surface area contributed by atoms with Crippen LogP contribution in [0.2, 0.25) is 0 Å². The largest absolute Gasteiger partial charge is 0.315 e. The lowest BCUT2D eigenvalue weighted by atomic mass is 10.6. The molecule has 0 aromatic rings. The Morgan fingerprint density at radius 1 is 1.57 bits per heavy atom. The van der Waals surface area contributed by atoms with Gasteiger partial charge in [0.2, 0.25) is 0 Å². The number of hydrazine groups is 1. The molecule has 0 saturated carbocycles. The van der Waals surface area contributed by atoms with E-state index in [0.29, 0.717) is 0 Å². The Morgan fingerprint density at radius 3 is 2.00 bits per heavy atom. The zero-order valence-electron chi connectivity index (χ0n) is 5.10. The summed E-state index contributed by atoms with van der Waals surface area (Å²) in [5, 5.41) is 1.82. The summed E-state index contributed by atoms with van der Waals surface area (Å²) >= 11 is 0. The fraction of sp³-hybridized carbons (Fsp3) is 1.00. The normalized spacial score (nSPS) is 15.0. The number of nitrogens with two attached hydrogens (primary N) is 1. The quantitative estimate of drug-likeness (QED) is 0.361. The van der Waals surface area contributed by atoms with Gasteiger partial charge < -0.3 is 5.73 Å². The van der Waals surface area contributed by atoms with Crippen LogP contribution in [0.15, 0.2) is 0 Å². The van der Waals surface area contributed by atoms with Crippen LogP contribution in [-0.2, 0) is 0 Å². The summed E-state index contributed by atoms with van der Waals surface area (Å²) in [6, 6.07) is 0. The molecule has 3 heteroatoms. The maximum atomic E-state index is 5.34. The molecule has 44 valence electrons. The Labute approximate surface area is 44.5 Å². The van der Waals surface area contributed by atoms with Gasteiger partial charge in [0, 0.05) is 14.1 Å². The first kappa shape index (κ1) is 6.88. The molecule has 0 amide bonds. The van der Waals surface area contributed by atoms with Crippen molar-refractivity contribution in [2.75, 3.05) is 14.1 Å². The topological polar surface area (TPSA) is 41.3 Å². The molecule has 3 nitrogen and oxygen atoms in total. The van der Waals surface area contributed by atoms with Crippen molar-refractivity contribution in [1.29, 1.82) is 0 Å². The van der Waals surface area contributed by atoms with Crippen LogP contribution in [0.25, 0.3) is 0 Å². The van der Waals surface area contributed by atoms with E-state index in [9.17, 15) is 0 Å². The molecule has 0 rings (SSSR count). The van der Waals surface area contributed by atoms with Gasteiger partial charge in [0.1, 0.15) is 0 Å². The van der Waals surface area contributed by atoms with Crippen LogP contribution >= 0.6 is 0 Å². The first-order valence-electron chi connectivity index (χ1n) is 2.32. The molecule has 0 bridgehead atoms. The van der Waals surface area contributed by atoms with Gasteiger partial charge in [-0.3, -0.25) is 0 Å². The summed E-state index contributed by atoms with van der Waals surface area (Å²) in [6.07, 6.45) is 0.0509. The molecular formula is C4H13N3. The number of hydrogen-bond acceptors (Lipinski definition) is 3. The van der Waals surface area contributed by atoms with Gasteiger partial charge in [-0.1, -0.05) is 0 Å². The van der Waals surface area contributed by atoms with Gasteiger partial charge in [0.05, 0.1) is 6.17 Å². The number of rotatable bonds is 2. The highest BCUT2D eigenvalue weighted by Gasteiger charge is 1.89. The summed E-state index contributed by atoms with van der Waals surface area (Å²) in [4.78, 5) is 0. The smallest absolute Gasteiger partial charge is 0.0652 e. The van der Waals surface area contributed by atoms with E-state index in [1.165, 1.54) is 0 Å². The van der Waals surface area contributed by atoms with Crippen molar-refractivity contribution in [3.63, 3.8) is 0 Å². The molecule has 0 aliphatic carbocycles. The third-order valence-electron chi connectivity index (χ3n) is 0.462. The van der Waals surface area contributed by atoms with Crippen molar-refractivity contribution in [2.24, 2.45) is 5.73 Å². The van der Waals surface area contributed by atoms with Gasteiger partial charge >= 0.3 is 0 Å². The lowest BCUT2D eigenvalue weighted by Gasteiger charge is -2.14. The maximum absolute atomic E-state index is 5.34. The van der Waals surface area contributed by atoms with Gasteiger partial charge in [-0.2, -0.15) is 0 Å². The lowest BCUT2D eigenvalue weighted by Crippen LogP contribution is -2.43. The maximum Gasteiger partial charge on any atom is 0.0652 e. The standard InChI is InChI=1S/C4H13N3/c1-4(5)6-7(2)3/h4,6H,5H2,1-3H3. The van der Waals surface area contributed by atoms with Crippen molar-refractivity contribution in [1.82, 2.24) is 10.4 Å². The Balaban J connectivity index is 2.95.